The summed E-state index contributed by atoms with van der Waals surface area (Å²) in [6.45, 7) is 1.70. The molecule has 0 aliphatic carbocycles. The van der Waals surface area contributed by atoms with Crippen LogP contribution in [0.4, 0.5) is 5.95 Å². The van der Waals surface area contributed by atoms with Crippen LogP contribution in [0.5, 0.6) is 0 Å². The smallest absolute Gasteiger partial charge is 0.225 e. The molecule has 2 heterocycles. The highest BCUT2D eigenvalue weighted by molar-refractivity contribution is 8.18. The van der Waals surface area contributed by atoms with Gasteiger partial charge in [0.2, 0.25) is 11.1 Å². The first kappa shape index (κ1) is 15.7. The summed E-state index contributed by atoms with van der Waals surface area (Å²) in [6, 6.07) is 1.73. The van der Waals surface area contributed by atoms with Crippen LogP contribution in [-0.4, -0.2) is 60.0 Å². The molecule has 0 atom stereocenters. The van der Waals surface area contributed by atoms with Gasteiger partial charge in [-0.2, -0.15) is 0 Å². The van der Waals surface area contributed by atoms with E-state index in [1.54, 1.807) is 18.3 Å². The Morgan fingerprint density at radius 1 is 1.29 bits per heavy atom. The van der Waals surface area contributed by atoms with Crippen LogP contribution in [0.25, 0.3) is 6.08 Å². The lowest BCUT2D eigenvalue weighted by molar-refractivity contribution is -0.119. The van der Waals surface area contributed by atoms with Crippen molar-refractivity contribution in [1.29, 1.82) is 0 Å². The van der Waals surface area contributed by atoms with E-state index >= 15 is 0 Å². The Bertz CT molecular complexity index is 586. The number of aromatic nitrogens is 2. The Morgan fingerprint density at radius 3 is 2.67 bits per heavy atom. The summed E-state index contributed by atoms with van der Waals surface area (Å²) < 4.78 is 0. The molecule has 1 aliphatic rings. The van der Waals surface area contributed by atoms with Crippen molar-refractivity contribution in [3.05, 3.63) is 22.9 Å². The fourth-order valence-corrected chi connectivity index (χ4v) is 2.57. The largest absolute Gasteiger partial charge is 0.343 e. The first-order valence-electron chi connectivity index (χ1n) is 6.60. The molecule has 6 nitrogen and oxygen atoms in total. The van der Waals surface area contributed by atoms with E-state index in [-0.39, 0.29) is 17.3 Å². The summed E-state index contributed by atoms with van der Waals surface area (Å²) in [5.74, 6) is 0.471. The van der Waals surface area contributed by atoms with Crippen molar-refractivity contribution in [2.75, 3.05) is 39.1 Å². The van der Waals surface area contributed by atoms with E-state index in [0.29, 0.717) is 16.5 Å². The Morgan fingerprint density at radius 2 is 2.05 bits per heavy atom. The lowest BCUT2D eigenvalue weighted by Crippen LogP contribution is -2.29. The van der Waals surface area contributed by atoms with Crippen LogP contribution in [0.2, 0.25) is 0 Å². The minimum absolute atomic E-state index is 0.0167. The quantitative estimate of drug-likeness (QED) is 0.595. The number of thioether (sulfide) groups is 1. The van der Waals surface area contributed by atoms with Crippen molar-refractivity contribution in [3.63, 3.8) is 0 Å². The summed E-state index contributed by atoms with van der Waals surface area (Å²) in [5.41, 5.74) is 0.641. The SMILES string of the molecule is CN(C)CCN(C)c1nccc(/C=C2\SC(=O)CC2=O)n1. The van der Waals surface area contributed by atoms with Gasteiger partial charge in [0.15, 0.2) is 5.78 Å². The molecular weight excluding hydrogens is 288 g/mol. The molecule has 0 saturated carbocycles. The van der Waals surface area contributed by atoms with E-state index in [4.69, 9.17) is 0 Å². The third-order valence-electron chi connectivity index (χ3n) is 2.97. The molecule has 112 valence electrons. The van der Waals surface area contributed by atoms with Crippen LogP contribution in [0, 0.1) is 0 Å². The first-order valence-corrected chi connectivity index (χ1v) is 7.42. The number of allylic oxidation sites excluding steroid dienone is 1. The number of Topliss-reactive ketones (excluding diaryl/α,β-unsaturated/α-hetero) is 1. The van der Waals surface area contributed by atoms with Gasteiger partial charge in [0.1, 0.15) is 0 Å². The molecule has 1 aromatic heterocycles. The molecule has 21 heavy (non-hydrogen) atoms. The van der Waals surface area contributed by atoms with Gasteiger partial charge in [-0.05, 0) is 38.0 Å². The van der Waals surface area contributed by atoms with Crippen LogP contribution >= 0.6 is 11.8 Å². The number of likely N-dealkylation sites (N-methyl/N-ethyl adjacent to an activating group) is 2. The molecule has 1 fully saturated rings. The third-order valence-corrected chi connectivity index (χ3v) is 3.91. The summed E-state index contributed by atoms with van der Waals surface area (Å²) in [5, 5.41) is -0.108. The van der Waals surface area contributed by atoms with Gasteiger partial charge in [-0.15, -0.1) is 0 Å². The van der Waals surface area contributed by atoms with Gasteiger partial charge in [-0.1, -0.05) is 0 Å². The average molecular weight is 306 g/mol. The van der Waals surface area contributed by atoms with Crippen molar-refractivity contribution in [1.82, 2.24) is 14.9 Å². The molecule has 2 rings (SSSR count). The molecule has 7 heteroatoms. The van der Waals surface area contributed by atoms with E-state index in [1.807, 2.05) is 26.0 Å². The number of hydrogen-bond acceptors (Lipinski definition) is 7. The van der Waals surface area contributed by atoms with Crippen LogP contribution in [-0.2, 0) is 9.59 Å². The molecular formula is C14H18N4O2S. The zero-order chi connectivity index (χ0) is 15.4. The highest BCUT2D eigenvalue weighted by Gasteiger charge is 2.25. The fourth-order valence-electron chi connectivity index (χ4n) is 1.75. The van der Waals surface area contributed by atoms with Crippen molar-refractivity contribution in [2.24, 2.45) is 0 Å². The van der Waals surface area contributed by atoms with Crippen molar-refractivity contribution in [2.45, 2.75) is 6.42 Å². The van der Waals surface area contributed by atoms with Crippen molar-refractivity contribution in [3.8, 4) is 0 Å². The van der Waals surface area contributed by atoms with Crippen LogP contribution in [0.3, 0.4) is 0 Å². The first-order chi connectivity index (χ1) is 9.95. The maximum Gasteiger partial charge on any atom is 0.225 e. The normalized spacial score (nSPS) is 17.0. The zero-order valence-electron chi connectivity index (χ0n) is 12.4. The number of carbonyl (C=O) groups excluding carboxylic acids is 2. The molecule has 1 saturated heterocycles. The molecule has 0 amide bonds. The van der Waals surface area contributed by atoms with Crippen LogP contribution in [0.15, 0.2) is 17.2 Å². The predicted molar refractivity (Wildman–Crippen MR) is 84.1 cm³/mol. The molecule has 0 spiro atoms. The van der Waals surface area contributed by atoms with Gasteiger partial charge in [0.25, 0.3) is 0 Å². The Balaban J connectivity index is 2.12. The van der Waals surface area contributed by atoms with Crippen molar-refractivity contribution >= 4 is 34.7 Å². The predicted octanol–water partition coefficient (Wildman–Crippen LogP) is 1.05. The molecule has 1 aromatic rings. The Labute approximate surface area is 128 Å². The van der Waals surface area contributed by atoms with Gasteiger partial charge in [-0.3, -0.25) is 9.59 Å². The fraction of sp³-hybridized carbons (Fsp3) is 0.429. The minimum Gasteiger partial charge on any atom is -0.343 e. The standard InChI is InChI=1S/C14H18N4O2S/c1-17(2)6-7-18(3)14-15-5-4-10(16-14)8-12-11(19)9-13(20)21-12/h4-5,8H,6-7,9H2,1-3H3/b12-8-. The van der Waals surface area contributed by atoms with Gasteiger partial charge >= 0.3 is 0 Å². The number of ketones is 1. The number of nitrogens with zero attached hydrogens (tertiary/aromatic N) is 4. The molecule has 0 unspecified atom stereocenters. The van der Waals surface area contributed by atoms with E-state index in [1.165, 1.54) is 0 Å². The molecule has 0 N–H and O–H groups in total. The topological polar surface area (TPSA) is 66.4 Å². The lowest BCUT2D eigenvalue weighted by atomic mass is 10.2. The van der Waals surface area contributed by atoms with Crippen molar-refractivity contribution < 1.29 is 9.59 Å². The Hall–Kier alpha value is -1.73. The number of anilines is 1. The second kappa shape index (κ2) is 6.82. The van der Waals surface area contributed by atoms with Gasteiger partial charge < -0.3 is 9.80 Å². The maximum absolute atomic E-state index is 11.6. The van der Waals surface area contributed by atoms with E-state index in [9.17, 15) is 9.59 Å². The number of rotatable bonds is 5. The van der Waals surface area contributed by atoms with E-state index < -0.39 is 0 Å². The Kier molecular flexibility index (Phi) is 5.08. The van der Waals surface area contributed by atoms with Crippen LogP contribution in [0.1, 0.15) is 12.1 Å². The molecule has 0 bridgehead atoms. The summed E-state index contributed by atoms with van der Waals surface area (Å²) >= 11 is 0.989. The second-order valence-corrected chi connectivity index (χ2v) is 6.19. The van der Waals surface area contributed by atoms with Gasteiger partial charge in [-0.25, -0.2) is 9.97 Å². The minimum atomic E-state index is -0.133. The lowest BCUT2D eigenvalue weighted by Gasteiger charge is -2.19. The second-order valence-electron chi connectivity index (χ2n) is 5.09. The summed E-state index contributed by atoms with van der Waals surface area (Å²) in [7, 11) is 5.94. The summed E-state index contributed by atoms with van der Waals surface area (Å²) in [4.78, 5) is 36.0. The van der Waals surface area contributed by atoms with Gasteiger partial charge in [0, 0.05) is 26.3 Å². The van der Waals surface area contributed by atoms with Gasteiger partial charge in [0.05, 0.1) is 17.0 Å². The molecule has 0 aromatic carbocycles. The number of hydrogen-bond donors (Lipinski definition) is 0. The molecule has 1 aliphatic heterocycles. The monoisotopic (exact) mass is 306 g/mol. The highest BCUT2D eigenvalue weighted by Crippen LogP contribution is 2.30. The third kappa shape index (κ3) is 4.37. The van der Waals surface area contributed by atoms with E-state index in [2.05, 4.69) is 14.9 Å². The summed E-state index contributed by atoms with van der Waals surface area (Å²) in [6.07, 6.45) is 3.30. The number of carbonyl (C=O) groups is 2. The highest BCUT2D eigenvalue weighted by atomic mass is 32.2. The van der Waals surface area contributed by atoms with Crippen LogP contribution < -0.4 is 4.90 Å². The average Bonchev–Trinajstić information content (AvgIpc) is 2.74. The molecule has 0 radical (unpaired) electrons. The zero-order valence-corrected chi connectivity index (χ0v) is 13.2. The van der Waals surface area contributed by atoms with E-state index in [0.717, 1.165) is 24.9 Å². The maximum atomic E-state index is 11.6.